The molecule has 0 bridgehead atoms. The second kappa shape index (κ2) is 6.18. The average molecular weight is 357 g/mol. The largest absolute Gasteiger partial charge is 0.497 e. The fraction of sp³-hybridized carbons (Fsp3) is 0.167. The maximum absolute atomic E-state index is 12.0. The first kappa shape index (κ1) is 16.9. The van der Waals surface area contributed by atoms with Crippen molar-refractivity contribution in [3.8, 4) is 5.75 Å². The van der Waals surface area contributed by atoms with Crippen LogP contribution in [0.5, 0.6) is 5.75 Å². The number of hydrogen-bond acceptors (Lipinski definition) is 4. The number of anilines is 1. The van der Waals surface area contributed by atoms with Crippen LogP contribution in [0.4, 0.5) is 5.69 Å². The van der Waals surface area contributed by atoms with Gasteiger partial charge in [-0.1, -0.05) is 42.5 Å². The van der Waals surface area contributed by atoms with Crippen LogP contribution in [0.3, 0.4) is 0 Å². The number of ether oxygens (including phenoxy) is 1. The molecule has 1 aliphatic heterocycles. The van der Waals surface area contributed by atoms with Crippen molar-refractivity contribution in [3.05, 3.63) is 59.7 Å². The predicted molar refractivity (Wildman–Crippen MR) is 95.2 cm³/mol. The first-order chi connectivity index (χ1) is 11.9. The van der Waals surface area contributed by atoms with Crippen LogP contribution in [0.15, 0.2) is 48.5 Å². The molecule has 1 aliphatic rings. The number of thiocarbonyl (C=S) groups is 1. The first-order valence-corrected chi connectivity index (χ1v) is 7.85. The summed E-state index contributed by atoms with van der Waals surface area (Å²) in [6.07, 6.45) is 0. The number of nitrogens with zero attached hydrogens (tertiary/aromatic N) is 1. The highest BCUT2D eigenvalue weighted by molar-refractivity contribution is 7.81. The smallest absolute Gasteiger partial charge is 0.332 e. The van der Waals surface area contributed by atoms with Gasteiger partial charge in [0.15, 0.2) is 0 Å². The van der Waals surface area contributed by atoms with Gasteiger partial charge in [0.2, 0.25) is 5.41 Å². The molecule has 0 aliphatic carbocycles. The standard InChI is InChI=1S/C18H15NO5S/c1-24-12-7-8-14-13(9-12)18(16(20)21,17(22)23)15(25)19(14)10-11-5-3-2-4-6-11/h2-9H,10H2,1H3,(H,20,21)(H,22,23). The summed E-state index contributed by atoms with van der Waals surface area (Å²) in [5, 5.41) is 19.5. The lowest BCUT2D eigenvalue weighted by molar-refractivity contribution is -0.153. The van der Waals surface area contributed by atoms with E-state index in [9.17, 15) is 19.8 Å². The third-order valence-corrected chi connectivity index (χ3v) is 4.82. The molecule has 0 saturated heterocycles. The monoisotopic (exact) mass is 357 g/mol. The molecule has 0 atom stereocenters. The molecule has 0 amide bonds. The number of methoxy groups -OCH3 is 1. The average Bonchev–Trinajstić information content (AvgIpc) is 2.84. The molecule has 7 heteroatoms. The Kier molecular flexibility index (Phi) is 4.18. The SMILES string of the molecule is COc1ccc2c(c1)C(C(=O)O)(C(=O)O)C(=S)N2Cc1ccccc1. The molecule has 3 rings (SSSR count). The topological polar surface area (TPSA) is 87.1 Å². The van der Waals surface area contributed by atoms with E-state index in [1.807, 2.05) is 30.3 Å². The molecule has 0 saturated carbocycles. The molecule has 2 aromatic carbocycles. The summed E-state index contributed by atoms with van der Waals surface area (Å²) in [6, 6.07) is 14.0. The number of carboxylic acid groups (broad SMARTS) is 2. The van der Waals surface area contributed by atoms with Crippen molar-refractivity contribution in [2.24, 2.45) is 0 Å². The van der Waals surface area contributed by atoms with Gasteiger partial charge in [-0.3, -0.25) is 9.59 Å². The minimum atomic E-state index is -2.31. The summed E-state index contributed by atoms with van der Waals surface area (Å²) in [4.78, 5) is 25.4. The molecular formula is C18H15NO5S. The van der Waals surface area contributed by atoms with E-state index in [-0.39, 0.29) is 17.1 Å². The molecule has 2 aromatic rings. The second-order valence-electron chi connectivity index (χ2n) is 5.62. The zero-order valence-corrected chi connectivity index (χ0v) is 14.1. The van der Waals surface area contributed by atoms with Crippen LogP contribution >= 0.6 is 12.2 Å². The van der Waals surface area contributed by atoms with Crippen LogP contribution in [-0.2, 0) is 21.5 Å². The molecule has 128 valence electrons. The van der Waals surface area contributed by atoms with E-state index >= 15 is 0 Å². The zero-order valence-electron chi connectivity index (χ0n) is 13.3. The second-order valence-corrected chi connectivity index (χ2v) is 6.01. The van der Waals surface area contributed by atoms with Crippen LogP contribution in [-0.4, -0.2) is 34.2 Å². The van der Waals surface area contributed by atoms with Crippen LogP contribution in [0, 0.1) is 0 Å². The third-order valence-electron chi connectivity index (χ3n) is 4.29. The van der Waals surface area contributed by atoms with Gasteiger partial charge in [0.05, 0.1) is 7.11 Å². The normalized spacial score (nSPS) is 14.9. The molecule has 0 aromatic heterocycles. The minimum Gasteiger partial charge on any atom is -0.497 e. The molecule has 0 unspecified atom stereocenters. The molecule has 0 spiro atoms. The summed E-state index contributed by atoms with van der Waals surface area (Å²) in [5.74, 6) is -2.67. The molecule has 25 heavy (non-hydrogen) atoms. The Hall–Kier alpha value is -2.93. The predicted octanol–water partition coefficient (Wildman–Crippen LogP) is 2.45. The van der Waals surface area contributed by atoms with Crippen molar-refractivity contribution < 1.29 is 24.5 Å². The fourth-order valence-corrected chi connectivity index (χ4v) is 3.48. The van der Waals surface area contributed by atoms with Gasteiger partial charge in [0, 0.05) is 17.8 Å². The van der Waals surface area contributed by atoms with Crippen LogP contribution in [0.1, 0.15) is 11.1 Å². The van der Waals surface area contributed by atoms with Gasteiger partial charge in [-0.15, -0.1) is 0 Å². The number of hydrogen-bond donors (Lipinski definition) is 2. The van der Waals surface area contributed by atoms with Crippen molar-refractivity contribution in [1.82, 2.24) is 0 Å². The van der Waals surface area contributed by atoms with Gasteiger partial charge in [-0.2, -0.15) is 0 Å². The molecule has 2 N–H and O–H groups in total. The summed E-state index contributed by atoms with van der Waals surface area (Å²) in [7, 11) is 1.43. The van der Waals surface area contributed by atoms with Crippen molar-refractivity contribution in [2.75, 3.05) is 12.0 Å². The van der Waals surface area contributed by atoms with E-state index in [0.29, 0.717) is 11.4 Å². The Morgan fingerprint density at radius 2 is 1.76 bits per heavy atom. The van der Waals surface area contributed by atoms with Gasteiger partial charge in [0.25, 0.3) is 0 Å². The van der Waals surface area contributed by atoms with Crippen molar-refractivity contribution in [3.63, 3.8) is 0 Å². The summed E-state index contributed by atoms with van der Waals surface area (Å²) < 4.78 is 5.13. The lowest BCUT2D eigenvalue weighted by Crippen LogP contribution is -2.51. The zero-order chi connectivity index (χ0) is 18.2. The minimum absolute atomic E-state index is 0.104. The molecule has 1 heterocycles. The van der Waals surface area contributed by atoms with Crippen molar-refractivity contribution in [2.45, 2.75) is 12.0 Å². The van der Waals surface area contributed by atoms with Gasteiger partial charge < -0.3 is 19.8 Å². The number of fused-ring (bicyclic) bond motifs is 1. The quantitative estimate of drug-likeness (QED) is 0.628. The highest BCUT2D eigenvalue weighted by atomic mass is 32.1. The van der Waals surface area contributed by atoms with E-state index in [2.05, 4.69) is 0 Å². The lowest BCUT2D eigenvalue weighted by atomic mass is 9.82. The maximum atomic E-state index is 12.0. The third kappa shape index (κ3) is 2.44. The first-order valence-electron chi connectivity index (χ1n) is 7.44. The fourth-order valence-electron chi connectivity index (χ4n) is 3.03. The summed E-state index contributed by atoms with van der Waals surface area (Å²) in [6.45, 7) is 0.279. The Bertz CT molecular complexity index is 851. The molecule has 0 fully saturated rings. The van der Waals surface area contributed by atoms with E-state index < -0.39 is 17.4 Å². The Morgan fingerprint density at radius 1 is 1.12 bits per heavy atom. The van der Waals surface area contributed by atoms with Crippen LogP contribution in [0.25, 0.3) is 0 Å². The number of aliphatic carboxylic acids is 2. The highest BCUT2D eigenvalue weighted by Gasteiger charge is 2.60. The van der Waals surface area contributed by atoms with E-state index in [1.54, 1.807) is 17.0 Å². The lowest BCUT2D eigenvalue weighted by Gasteiger charge is -2.24. The van der Waals surface area contributed by atoms with Gasteiger partial charge in [-0.25, -0.2) is 0 Å². The molecule has 0 radical (unpaired) electrons. The maximum Gasteiger partial charge on any atom is 0.332 e. The van der Waals surface area contributed by atoms with Crippen molar-refractivity contribution >= 4 is 34.8 Å². The Morgan fingerprint density at radius 3 is 2.32 bits per heavy atom. The highest BCUT2D eigenvalue weighted by Crippen LogP contribution is 2.45. The van der Waals surface area contributed by atoms with Gasteiger partial charge in [-0.05, 0) is 23.8 Å². The van der Waals surface area contributed by atoms with Crippen LogP contribution < -0.4 is 9.64 Å². The molecule has 6 nitrogen and oxygen atoms in total. The van der Waals surface area contributed by atoms with Gasteiger partial charge in [0.1, 0.15) is 10.7 Å². The van der Waals surface area contributed by atoms with Gasteiger partial charge >= 0.3 is 11.9 Å². The number of carbonyl (C=O) groups is 2. The molecular weight excluding hydrogens is 342 g/mol. The van der Waals surface area contributed by atoms with E-state index in [1.165, 1.54) is 13.2 Å². The Labute approximate surface area is 149 Å². The van der Waals surface area contributed by atoms with E-state index in [4.69, 9.17) is 17.0 Å². The summed E-state index contributed by atoms with van der Waals surface area (Å²) in [5.41, 5.74) is -0.862. The number of benzene rings is 2. The van der Waals surface area contributed by atoms with Crippen molar-refractivity contribution in [1.29, 1.82) is 0 Å². The number of carboxylic acids is 2. The van der Waals surface area contributed by atoms with Crippen LogP contribution in [0.2, 0.25) is 0 Å². The number of rotatable bonds is 5. The summed E-state index contributed by atoms with van der Waals surface area (Å²) >= 11 is 5.33. The van der Waals surface area contributed by atoms with E-state index in [0.717, 1.165) is 5.56 Å². The Balaban J connectivity index is 2.20.